The summed E-state index contributed by atoms with van der Waals surface area (Å²) in [5, 5.41) is 0.586. The maximum Gasteiger partial charge on any atom is 0.260 e. The zero-order chi connectivity index (χ0) is 23.0. The number of anilines is 2. The number of rotatable bonds is 8. The Morgan fingerprint density at radius 2 is 2.03 bits per heavy atom. The number of aromatic nitrogens is 3. The van der Waals surface area contributed by atoms with Crippen molar-refractivity contribution in [3.8, 4) is 11.1 Å². The van der Waals surface area contributed by atoms with E-state index in [4.69, 9.17) is 5.73 Å². The van der Waals surface area contributed by atoms with Gasteiger partial charge in [-0.1, -0.05) is 18.9 Å². The van der Waals surface area contributed by atoms with Crippen LogP contribution >= 0.6 is 0 Å². The molecule has 0 amide bonds. The highest BCUT2D eigenvalue weighted by Crippen LogP contribution is 2.33. The van der Waals surface area contributed by atoms with Crippen molar-refractivity contribution in [1.29, 1.82) is 0 Å². The molecule has 4 rings (SSSR count). The summed E-state index contributed by atoms with van der Waals surface area (Å²) < 4.78 is 43.2. The maximum absolute atomic E-state index is 14.8. The van der Waals surface area contributed by atoms with E-state index < -0.39 is 15.8 Å². The van der Waals surface area contributed by atoms with Gasteiger partial charge in [-0.15, -0.1) is 0 Å². The first-order valence-electron chi connectivity index (χ1n) is 10.6. The number of hydrogen-bond acceptors (Lipinski definition) is 6. The van der Waals surface area contributed by atoms with E-state index in [-0.39, 0.29) is 34.6 Å². The second kappa shape index (κ2) is 8.50. The minimum Gasteiger partial charge on any atom is -0.368 e. The quantitative estimate of drug-likeness (QED) is 0.530. The Hall–Kier alpha value is -3.01. The molecule has 1 saturated carbocycles. The highest BCUT2D eigenvalue weighted by atomic mass is 32.2. The minimum absolute atomic E-state index is 0.0441. The van der Waals surface area contributed by atoms with E-state index in [1.807, 2.05) is 13.8 Å². The van der Waals surface area contributed by atoms with Crippen LogP contribution in [0.2, 0.25) is 0 Å². The Bertz CT molecular complexity index is 1330. The summed E-state index contributed by atoms with van der Waals surface area (Å²) >= 11 is 0. The molecular formula is C22H26FN5O3S. The van der Waals surface area contributed by atoms with Gasteiger partial charge in [-0.2, -0.15) is 4.98 Å². The van der Waals surface area contributed by atoms with E-state index in [0.717, 1.165) is 25.3 Å². The normalized spacial score (nSPS) is 14.2. The van der Waals surface area contributed by atoms with Crippen LogP contribution in [-0.4, -0.2) is 28.7 Å². The molecule has 0 bridgehead atoms. The highest BCUT2D eigenvalue weighted by Gasteiger charge is 2.22. The Kier molecular flexibility index (Phi) is 5.89. The monoisotopic (exact) mass is 459 g/mol. The number of pyridine rings is 1. The molecule has 3 N–H and O–H groups in total. The van der Waals surface area contributed by atoms with Gasteiger partial charge in [0.2, 0.25) is 16.0 Å². The highest BCUT2D eigenvalue weighted by molar-refractivity contribution is 7.92. The summed E-state index contributed by atoms with van der Waals surface area (Å²) in [4.78, 5) is 21.3. The zero-order valence-corrected chi connectivity index (χ0v) is 18.8. The first-order valence-corrected chi connectivity index (χ1v) is 12.3. The molecule has 1 aliphatic rings. The summed E-state index contributed by atoms with van der Waals surface area (Å²) in [6.45, 7) is 3.68. The first kappa shape index (κ1) is 22.2. The van der Waals surface area contributed by atoms with Gasteiger partial charge in [-0.25, -0.2) is 17.8 Å². The van der Waals surface area contributed by atoms with Crippen LogP contribution in [0.1, 0.15) is 45.6 Å². The number of nitrogens with one attached hydrogen (secondary N) is 1. The van der Waals surface area contributed by atoms with Crippen molar-refractivity contribution in [1.82, 2.24) is 14.5 Å². The third-order valence-electron chi connectivity index (χ3n) is 5.58. The van der Waals surface area contributed by atoms with Gasteiger partial charge in [0.15, 0.2) is 0 Å². The Morgan fingerprint density at radius 3 is 2.69 bits per heavy atom. The van der Waals surface area contributed by atoms with E-state index in [0.29, 0.717) is 28.9 Å². The molecule has 170 valence electrons. The van der Waals surface area contributed by atoms with Crippen LogP contribution in [0, 0.1) is 11.7 Å². The summed E-state index contributed by atoms with van der Waals surface area (Å²) in [5.74, 6) is -0.103. The molecule has 32 heavy (non-hydrogen) atoms. The Labute approximate surface area is 185 Å². The molecular weight excluding hydrogens is 433 g/mol. The fourth-order valence-electron chi connectivity index (χ4n) is 3.77. The average Bonchev–Trinajstić information content (AvgIpc) is 3.53. The number of fused-ring (bicyclic) bond motifs is 1. The Balaban J connectivity index is 1.66. The molecule has 0 atom stereocenters. The smallest absolute Gasteiger partial charge is 0.260 e. The van der Waals surface area contributed by atoms with Crippen LogP contribution in [0.4, 0.5) is 16.0 Å². The van der Waals surface area contributed by atoms with Crippen molar-refractivity contribution in [3.05, 3.63) is 46.6 Å². The van der Waals surface area contributed by atoms with Crippen molar-refractivity contribution in [2.24, 2.45) is 5.92 Å². The van der Waals surface area contributed by atoms with Crippen molar-refractivity contribution in [2.45, 2.75) is 45.6 Å². The predicted octanol–water partition coefficient (Wildman–Crippen LogP) is 3.69. The topological polar surface area (TPSA) is 120 Å². The Morgan fingerprint density at radius 1 is 1.28 bits per heavy atom. The summed E-state index contributed by atoms with van der Waals surface area (Å²) in [6, 6.07) is 5.40. The van der Waals surface area contributed by atoms with Gasteiger partial charge in [-0.05, 0) is 56.4 Å². The molecule has 1 aliphatic carbocycles. The molecule has 1 aromatic carbocycles. The molecule has 8 nitrogen and oxygen atoms in total. The van der Waals surface area contributed by atoms with E-state index in [1.165, 1.54) is 22.9 Å². The molecule has 0 unspecified atom stereocenters. The summed E-state index contributed by atoms with van der Waals surface area (Å²) in [5.41, 5.74) is 6.19. The fourth-order valence-corrected chi connectivity index (χ4v) is 4.92. The van der Waals surface area contributed by atoms with Crippen LogP contribution < -0.4 is 16.0 Å². The van der Waals surface area contributed by atoms with Gasteiger partial charge in [0.25, 0.3) is 5.56 Å². The minimum atomic E-state index is -3.65. The van der Waals surface area contributed by atoms with Gasteiger partial charge < -0.3 is 5.73 Å². The SMILES string of the molecule is CC(C)n1c(=O)c(-c2ccc(NS(=O)(=O)CCCC3CC3)c(F)c2)cc2cnc(N)nc21. The van der Waals surface area contributed by atoms with Crippen LogP contribution in [0.5, 0.6) is 0 Å². The molecule has 10 heteroatoms. The predicted molar refractivity (Wildman–Crippen MR) is 123 cm³/mol. The lowest BCUT2D eigenvalue weighted by Gasteiger charge is -2.16. The average molecular weight is 460 g/mol. The largest absolute Gasteiger partial charge is 0.368 e. The third kappa shape index (κ3) is 4.74. The van der Waals surface area contributed by atoms with Gasteiger partial charge in [0, 0.05) is 23.2 Å². The number of nitrogens with zero attached hydrogens (tertiary/aromatic N) is 3. The number of nitrogen functional groups attached to an aromatic ring is 1. The lowest BCUT2D eigenvalue weighted by molar-refractivity contribution is 0.591. The van der Waals surface area contributed by atoms with Crippen molar-refractivity contribution < 1.29 is 12.8 Å². The van der Waals surface area contributed by atoms with E-state index in [9.17, 15) is 17.6 Å². The summed E-state index contributed by atoms with van der Waals surface area (Å²) in [6.07, 6.45) is 5.27. The van der Waals surface area contributed by atoms with Gasteiger partial charge in [-0.3, -0.25) is 14.1 Å². The number of hydrogen-bond donors (Lipinski definition) is 2. The van der Waals surface area contributed by atoms with E-state index >= 15 is 0 Å². The van der Waals surface area contributed by atoms with Crippen LogP contribution in [0.25, 0.3) is 22.2 Å². The van der Waals surface area contributed by atoms with Gasteiger partial charge in [0.05, 0.1) is 11.4 Å². The lowest BCUT2D eigenvalue weighted by Crippen LogP contribution is -2.25. The standard InChI is InChI=1S/C22H26FN5O3S/c1-13(2)28-20-16(12-25-22(24)26-20)10-17(21(28)29)15-7-8-19(18(23)11-15)27-32(30,31)9-3-4-14-5-6-14/h7-8,10-14,27H,3-6,9H2,1-2H3,(H2,24,25,26). The lowest BCUT2D eigenvalue weighted by atomic mass is 10.0. The molecule has 2 heterocycles. The maximum atomic E-state index is 14.8. The first-order chi connectivity index (χ1) is 15.1. The molecule has 1 fully saturated rings. The van der Waals surface area contributed by atoms with Crippen LogP contribution in [-0.2, 0) is 10.0 Å². The third-order valence-corrected chi connectivity index (χ3v) is 6.93. The second-order valence-corrected chi connectivity index (χ2v) is 10.4. The molecule has 3 aromatic rings. The molecule has 0 saturated heterocycles. The molecule has 0 radical (unpaired) electrons. The zero-order valence-electron chi connectivity index (χ0n) is 18.0. The van der Waals surface area contributed by atoms with Crippen molar-refractivity contribution in [2.75, 3.05) is 16.2 Å². The number of nitrogens with two attached hydrogens (primary N) is 1. The van der Waals surface area contributed by atoms with Crippen molar-refractivity contribution >= 4 is 32.7 Å². The second-order valence-electron chi connectivity index (χ2n) is 8.54. The van der Waals surface area contributed by atoms with Crippen LogP contribution in [0.3, 0.4) is 0 Å². The van der Waals surface area contributed by atoms with Gasteiger partial charge in [0.1, 0.15) is 11.5 Å². The molecule has 2 aromatic heterocycles. The number of sulfonamides is 1. The van der Waals surface area contributed by atoms with E-state index in [1.54, 1.807) is 6.07 Å². The number of halogens is 1. The van der Waals surface area contributed by atoms with E-state index in [2.05, 4.69) is 14.7 Å². The van der Waals surface area contributed by atoms with Crippen molar-refractivity contribution in [3.63, 3.8) is 0 Å². The van der Waals surface area contributed by atoms with Crippen LogP contribution in [0.15, 0.2) is 35.3 Å². The fraction of sp³-hybridized carbons (Fsp3) is 0.409. The van der Waals surface area contributed by atoms with Gasteiger partial charge >= 0.3 is 0 Å². The summed E-state index contributed by atoms with van der Waals surface area (Å²) in [7, 11) is -3.65. The number of benzene rings is 1. The molecule has 0 aliphatic heterocycles. The molecule has 0 spiro atoms.